The van der Waals surface area contributed by atoms with Gasteiger partial charge in [0.1, 0.15) is 6.17 Å². The van der Waals surface area contributed by atoms with E-state index >= 15 is 0 Å². The number of phenols is 1. The molecule has 0 radical (unpaired) electrons. The SMILES string of the molecule is CCOc1cccc(C2NC(=O)c3cccc(C)c3N2)c1O. The molecular weight excluding hydrogens is 280 g/mol. The summed E-state index contributed by atoms with van der Waals surface area (Å²) in [4.78, 5) is 12.3. The summed E-state index contributed by atoms with van der Waals surface area (Å²) in [7, 11) is 0. The number of phenolic OH excluding ortho intramolecular Hbond substituents is 1. The van der Waals surface area contributed by atoms with E-state index in [2.05, 4.69) is 10.6 Å². The molecule has 5 heteroatoms. The number of benzene rings is 2. The van der Waals surface area contributed by atoms with E-state index in [-0.39, 0.29) is 11.7 Å². The quantitative estimate of drug-likeness (QED) is 0.815. The highest BCUT2D eigenvalue weighted by atomic mass is 16.5. The first-order valence-corrected chi connectivity index (χ1v) is 7.23. The van der Waals surface area contributed by atoms with Gasteiger partial charge in [-0.3, -0.25) is 4.79 Å². The molecule has 1 aliphatic rings. The van der Waals surface area contributed by atoms with E-state index < -0.39 is 6.17 Å². The van der Waals surface area contributed by atoms with Crippen LogP contribution >= 0.6 is 0 Å². The molecule has 1 unspecified atom stereocenters. The highest BCUT2D eigenvalue weighted by Gasteiger charge is 2.27. The zero-order chi connectivity index (χ0) is 15.7. The number of carbonyl (C=O) groups is 1. The smallest absolute Gasteiger partial charge is 0.255 e. The Morgan fingerprint density at radius 2 is 1.95 bits per heavy atom. The van der Waals surface area contributed by atoms with Crippen molar-refractivity contribution in [3.05, 3.63) is 53.1 Å². The second kappa shape index (κ2) is 5.60. The van der Waals surface area contributed by atoms with Gasteiger partial charge in [0.05, 0.1) is 17.9 Å². The second-order valence-corrected chi connectivity index (χ2v) is 5.18. The lowest BCUT2D eigenvalue weighted by atomic mass is 10.0. The van der Waals surface area contributed by atoms with Gasteiger partial charge in [0.25, 0.3) is 5.91 Å². The van der Waals surface area contributed by atoms with Crippen LogP contribution in [0.15, 0.2) is 36.4 Å². The summed E-state index contributed by atoms with van der Waals surface area (Å²) >= 11 is 0. The van der Waals surface area contributed by atoms with Crippen LogP contribution in [0, 0.1) is 6.92 Å². The molecule has 2 aromatic rings. The van der Waals surface area contributed by atoms with Crippen molar-refractivity contribution in [2.75, 3.05) is 11.9 Å². The standard InChI is InChI=1S/C17H18N2O3/c1-3-22-13-9-5-8-12(15(13)20)16-18-14-10(2)6-4-7-11(14)17(21)19-16/h4-9,16,18,20H,3H2,1-2H3,(H,19,21). The third-order valence-electron chi connectivity index (χ3n) is 3.72. The summed E-state index contributed by atoms with van der Waals surface area (Å²) in [6.45, 7) is 4.26. The Kier molecular flexibility index (Phi) is 3.63. The number of amides is 1. The Morgan fingerprint density at radius 1 is 1.18 bits per heavy atom. The van der Waals surface area contributed by atoms with E-state index in [0.717, 1.165) is 11.3 Å². The van der Waals surface area contributed by atoms with E-state index in [4.69, 9.17) is 4.74 Å². The van der Waals surface area contributed by atoms with Crippen LogP contribution in [0.1, 0.15) is 34.6 Å². The van der Waals surface area contributed by atoms with Crippen LogP contribution in [0.2, 0.25) is 0 Å². The molecule has 22 heavy (non-hydrogen) atoms. The van der Waals surface area contributed by atoms with Gasteiger partial charge >= 0.3 is 0 Å². The fourth-order valence-corrected chi connectivity index (χ4v) is 2.64. The number of anilines is 1. The predicted molar refractivity (Wildman–Crippen MR) is 84.3 cm³/mol. The Hall–Kier alpha value is -2.69. The van der Waals surface area contributed by atoms with Crippen LogP contribution in [0.3, 0.4) is 0 Å². The fraction of sp³-hybridized carbons (Fsp3) is 0.235. The fourth-order valence-electron chi connectivity index (χ4n) is 2.64. The van der Waals surface area contributed by atoms with Crippen LogP contribution in [0.4, 0.5) is 5.69 Å². The van der Waals surface area contributed by atoms with Crippen molar-refractivity contribution in [2.45, 2.75) is 20.0 Å². The number of aryl methyl sites for hydroxylation is 1. The van der Waals surface area contributed by atoms with E-state index in [1.165, 1.54) is 0 Å². The third kappa shape index (κ3) is 2.35. The zero-order valence-electron chi connectivity index (χ0n) is 12.5. The minimum atomic E-state index is -0.499. The molecule has 3 rings (SSSR count). The van der Waals surface area contributed by atoms with Gasteiger partial charge in [-0.2, -0.15) is 0 Å². The van der Waals surface area contributed by atoms with Crippen molar-refractivity contribution < 1.29 is 14.6 Å². The number of hydrogen-bond donors (Lipinski definition) is 3. The summed E-state index contributed by atoms with van der Waals surface area (Å²) in [5.74, 6) is 0.287. The number of nitrogens with one attached hydrogen (secondary N) is 2. The first-order valence-electron chi connectivity index (χ1n) is 7.23. The molecule has 114 valence electrons. The van der Waals surface area contributed by atoms with Crippen molar-refractivity contribution in [1.82, 2.24) is 5.32 Å². The van der Waals surface area contributed by atoms with Crippen molar-refractivity contribution in [3.63, 3.8) is 0 Å². The van der Waals surface area contributed by atoms with Crippen LogP contribution in [0.25, 0.3) is 0 Å². The molecule has 0 bridgehead atoms. The first-order chi connectivity index (χ1) is 10.6. The Bertz CT molecular complexity index is 728. The van der Waals surface area contributed by atoms with Gasteiger partial charge in [0, 0.05) is 5.56 Å². The molecule has 1 amide bonds. The Balaban J connectivity index is 2.00. The number of ether oxygens (including phenoxy) is 1. The second-order valence-electron chi connectivity index (χ2n) is 5.18. The van der Waals surface area contributed by atoms with Crippen molar-refractivity contribution in [1.29, 1.82) is 0 Å². The Labute approximate surface area is 128 Å². The maximum absolute atomic E-state index is 12.3. The first kappa shape index (κ1) is 14.3. The van der Waals surface area contributed by atoms with Gasteiger partial charge < -0.3 is 20.5 Å². The average molecular weight is 298 g/mol. The normalized spacial score (nSPS) is 16.5. The highest BCUT2D eigenvalue weighted by molar-refractivity contribution is 6.02. The average Bonchev–Trinajstić information content (AvgIpc) is 2.50. The molecule has 0 saturated carbocycles. The maximum atomic E-state index is 12.3. The number of carbonyl (C=O) groups excluding carboxylic acids is 1. The van der Waals surface area contributed by atoms with Crippen LogP contribution in [0.5, 0.6) is 11.5 Å². The lowest BCUT2D eigenvalue weighted by Gasteiger charge is -2.30. The monoisotopic (exact) mass is 298 g/mol. The largest absolute Gasteiger partial charge is 0.504 e. The summed E-state index contributed by atoms with van der Waals surface area (Å²) in [5, 5.41) is 16.5. The summed E-state index contributed by atoms with van der Waals surface area (Å²) in [5.41, 5.74) is 2.96. The minimum Gasteiger partial charge on any atom is -0.504 e. The molecule has 0 aliphatic carbocycles. The lowest BCUT2D eigenvalue weighted by Crippen LogP contribution is -2.38. The van der Waals surface area contributed by atoms with Gasteiger partial charge in [-0.05, 0) is 31.5 Å². The number of para-hydroxylation sites is 2. The molecule has 1 atom stereocenters. The predicted octanol–water partition coefficient (Wildman–Crippen LogP) is 2.95. The van der Waals surface area contributed by atoms with E-state index in [9.17, 15) is 9.90 Å². The van der Waals surface area contributed by atoms with Crippen LogP contribution in [-0.4, -0.2) is 17.6 Å². The molecule has 0 aromatic heterocycles. The number of rotatable bonds is 3. The molecule has 0 fully saturated rings. The van der Waals surface area contributed by atoms with Gasteiger partial charge in [0.15, 0.2) is 11.5 Å². The molecule has 1 heterocycles. The van der Waals surface area contributed by atoms with Gasteiger partial charge in [-0.15, -0.1) is 0 Å². The van der Waals surface area contributed by atoms with Crippen LogP contribution in [-0.2, 0) is 0 Å². The van der Waals surface area contributed by atoms with Gasteiger partial charge in [-0.25, -0.2) is 0 Å². The molecule has 3 N–H and O–H groups in total. The van der Waals surface area contributed by atoms with Crippen molar-refractivity contribution in [3.8, 4) is 11.5 Å². The topological polar surface area (TPSA) is 70.6 Å². The van der Waals surface area contributed by atoms with E-state index in [0.29, 0.717) is 23.5 Å². The summed E-state index contributed by atoms with van der Waals surface area (Å²) in [6, 6.07) is 10.8. The highest BCUT2D eigenvalue weighted by Crippen LogP contribution is 2.37. The van der Waals surface area contributed by atoms with Crippen LogP contribution < -0.4 is 15.4 Å². The number of fused-ring (bicyclic) bond motifs is 1. The minimum absolute atomic E-state index is 0.0409. The molecule has 2 aromatic carbocycles. The summed E-state index contributed by atoms with van der Waals surface area (Å²) in [6.07, 6.45) is -0.499. The molecular formula is C17H18N2O3. The van der Waals surface area contributed by atoms with Gasteiger partial charge in [0.2, 0.25) is 0 Å². The zero-order valence-corrected chi connectivity index (χ0v) is 12.5. The van der Waals surface area contributed by atoms with Crippen molar-refractivity contribution >= 4 is 11.6 Å². The molecule has 1 aliphatic heterocycles. The maximum Gasteiger partial charge on any atom is 0.255 e. The Morgan fingerprint density at radius 3 is 2.73 bits per heavy atom. The third-order valence-corrected chi connectivity index (χ3v) is 3.72. The van der Waals surface area contributed by atoms with E-state index in [1.807, 2.05) is 26.0 Å². The lowest BCUT2D eigenvalue weighted by molar-refractivity contribution is 0.0935. The van der Waals surface area contributed by atoms with Gasteiger partial charge in [-0.1, -0.05) is 24.3 Å². The molecule has 0 spiro atoms. The molecule has 5 nitrogen and oxygen atoms in total. The van der Waals surface area contributed by atoms with E-state index in [1.54, 1.807) is 24.3 Å². The number of hydrogen-bond acceptors (Lipinski definition) is 4. The molecule has 0 saturated heterocycles. The summed E-state index contributed by atoms with van der Waals surface area (Å²) < 4.78 is 5.40. The van der Waals surface area contributed by atoms with Crippen molar-refractivity contribution in [2.24, 2.45) is 0 Å². The number of aromatic hydroxyl groups is 1.